The molecule has 1 aliphatic rings. The first-order valence-corrected chi connectivity index (χ1v) is 14.0. The molecule has 18 heteroatoms. The van der Waals surface area contributed by atoms with Crippen LogP contribution < -0.4 is 47.9 Å². The Bertz CT molecular complexity index is 803. The van der Waals surface area contributed by atoms with Gasteiger partial charge in [-0.1, -0.05) is 12.1 Å². The second-order valence-electron chi connectivity index (χ2n) is 7.67. The van der Waals surface area contributed by atoms with Gasteiger partial charge in [0.2, 0.25) is 0 Å². The van der Waals surface area contributed by atoms with Crippen molar-refractivity contribution in [2.75, 3.05) is 52.4 Å². The van der Waals surface area contributed by atoms with Crippen LogP contribution in [0.25, 0.3) is 0 Å². The third kappa shape index (κ3) is 30.9. The predicted molar refractivity (Wildman–Crippen MR) is 116 cm³/mol. The maximum Gasteiger partial charge on any atom is 2.00 e. The van der Waals surface area contributed by atoms with Gasteiger partial charge in [0, 0.05) is 84.8 Å². The van der Waals surface area contributed by atoms with Crippen molar-refractivity contribution in [2.45, 2.75) is 20.0 Å². The Balaban J connectivity index is 0. The van der Waals surface area contributed by atoms with E-state index >= 15 is 0 Å². The Morgan fingerprint density at radius 1 is 0.700 bits per heavy atom. The number of hydrogen-bond donors (Lipinski definition) is 2. The van der Waals surface area contributed by atoms with Crippen molar-refractivity contribution in [1.82, 2.24) is 30.4 Å². The Kier molecular flexibility index (Phi) is 24.4. The zero-order chi connectivity index (χ0) is 29.6. The Labute approximate surface area is 248 Å². The van der Waals surface area contributed by atoms with Crippen molar-refractivity contribution in [1.29, 1.82) is 5.26 Å². The van der Waals surface area contributed by atoms with Gasteiger partial charge in [0.05, 0.1) is 17.5 Å². The van der Waals surface area contributed by atoms with Crippen LogP contribution in [0.1, 0.15) is 18.3 Å². The van der Waals surface area contributed by atoms with Gasteiger partial charge in [-0.15, -0.1) is 20.5 Å². The van der Waals surface area contributed by atoms with Crippen molar-refractivity contribution in [3.63, 3.8) is 0 Å². The molecule has 3 heterocycles. The zero-order valence-corrected chi connectivity index (χ0v) is 24.3. The summed E-state index contributed by atoms with van der Waals surface area (Å²) in [5, 5.41) is 14.5. The maximum atomic E-state index is 8.49. The molecule has 2 aromatic rings. The van der Waals surface area contributed by atoms with Crippen molar-refractivity contribution < 1.29 is 74.5 Å². The van der Waals surface area contributed by atoms with Crippen LogP contribution in [0.5, 0.6) is 0 Å². The van der Waals surface area contributed by atoms with Gasteiger partial charge in [-0.2, -0.15) is 5.26 Å². The third-order valence-corrected chi connectivity index (χ3v) is 4.64. The molecule has 0 aliphatic carbocycles. The first-order chi connectivity index (χ1) is 18.3. The molecule has 2 aromatic heterocycles. The second kappa shape index (κ2) is 24.0. The maximum absolute atomic E-state index is 8.49. The molecule has 0 aromatic carbocycles. The number of nitriles is 1. The molecular weight excluding hydrogens is 620 g/mol. The fraction of sp³-hybridized carbons (Fsp3) is 0.500. The van der Waals surface area contributed by atoms with E-state index in [2.05, 4.69) is 54.7 Å². The molecule has 1 radical (unpaired) electrons. The summed E-state index contributed by atoms with van der Waals surface area (Å²) in [6, 6.07) is 14.0. The number of halogens is 2. The van der Waals surface area contributed by atoms with Gasteiger partial charge >= 0.3 is 16.8 Å². The Hall–Kier alpha value is -1.60. The standard InChI is InChI=1S/C20H30N6.C2H3N.2ClHO4.Co/c1-3-7-23-19(5-1)17-25-13-9-21-11-15-26(16-12-22-10-14-25)18-20-6-2-4-8-24-20;1-2-3;2*2-1(3,4)5;/h1-8,21-22H,9-18H2;1H3;2*(H,2,3,4,5);/q;;;;+2/p-2. The van der Waals surface area contributed by atoms with Gasteiger partial charge in [0.1, 0.15) is 0 Å². The number of aromatic nitrogens is 2. The number of nitrogens with zero attached hydrogens (tertiary/aromatic N) is 5. The molecule has 1 saturated heterocycles. The smallest absolute Gasteiger partial charge is 0.314 e. The number of pyridine rings is 2. The van der Waals surface area contributed by atoms with Gasteiger partial charge in [0.15, 0.2) is 0 Å². The molecule has 1 fully saturated rings. The fourth-order valence-electron chi connectivity index (χ4n) is 3.18. The Morgan fingerprint density at radius 2 is 0.975 bits per heavy atom. The predicted octanol–water partition coefficient (Wildman–Crippen LogP) is -8.01. The molecule has 2 N–H and O–H groups in total. The van der Waals surface area contributed by atoms with Gasteiger partial charge in [-0.3, -0.25) is 19.8 Å². The molecule has 0 bridgehead atoms. The van der Waals surface area contributed by atoms with Crippen molar-refractivity contribution in [3.05, 3.63) is 60.2 Å². The number of rotatable bonds is 4. The van der Waals surface area contributed by atoms with E-state index in [1.807, 2.05) is 24.5 Å². The molecule has 3 rings (SSSR count). The normalized spacial score (nSPS) is 15.4. The van der Waals surface area contributed by atoms with Gasteiger partial charge in [-0.05, 0) is 24.3 Å². The summed E-state index contributed by atoms with van der Waals surface area (Å²) in [4.78, 5) is 13.8. The molecule has 1 aliphatic heterocycles. The SMILES string of the molecule is CC#N.[Co+2].[O-][Cl+3]([O-])([O-])[O-].[O-][Cl+3]([O-])([O-])[O-].c1ccc(CN2CCNCCN(Cc3ccccn3)CCNCC2)nc1. The van der Waals surface area contributed by atoms with Crippen LogP contribution in [0.4, 0.5) is 0 Å². The van der Waals surface area contributed by atoms with Gasteiger partial charge in [0.25, 0.3) is 0 Å². The van der Waals surface area contributed by atoms with Crippen molar-refractivity contribution in [3.8, 4) is 6.07 Å². The molecule has 0 saturated carbocycles. The quantitative estimate of drug-likeness (QED) is 0.310. The van der Waals surface area contributed by atoms with Crippen LogP contribution in [0.2, 0.25) is 0 Å². The van der Waals surface area contributed by atoms with E-state index in [1.54, 1.807) is 6.07 Å². The summed E-state index contributed by atoms with van der Waals surface area (Å²) >= 11 is 0. The summed E-state index contributed by atoms with van der Waals surface area (Å²) in [6.07, 6.45) is 3.75. The molecule has 0 amide bonds. The van der Waals surface area contributed by atoms with Crippen LogP contribution in [0, 0.1) is 31.8 Å². The zero-order valence-electron chi connectivity index (χ0n) is 21.8. The first kappa shape index (κ1) is 40.5. The van der Waals surface area contributed by atoms with E-state index in [-0.39, 0.29) is 16.8 Å². The van der Waals surface area contributed by atoms with Crippen LogP contribution in [-0.4, -0.2) is 72.1 Å². The topological polar surface area (TPSA) is 265 Å². The summed E-state index contributed by atoms with van der Waals surface area (Å²) in [6.45, 7) is 11.4. The first-order valence-electron chi connectivity index (χ1n) is 11.5. The van der Waals surface area contributed by atoms with E-state index in [4.69, 9.17) is 42.5 Å². The summed E-state index contributed by atoms with van der Waals surface area (Å²) in [5.74, 6) is 0. The van der Waals surface area contributed by atoms with Crippen LogP contribution >= 0.6 is 0 Å². The third-order valence-electron chi connectivity index (χ3n) is 4.64. The molecule has 15 nitrogen and oxygen atoms in total. The molecule has 40 heavy (non-hydrogen) atoms. The van der Waals surface area contributed by atoms with E-state index in [9.17, 15) is 0 Å². The fourth-order valence-corrected chi connectivity index (χ4v) is 3.18. The molecule has 0 atom stereocenters. The largest absolute Gasteiger partial charge is 2.00 e. The van der Waals surface area contributed by atoms with E-state index in [1.165, 1.54) is 6.92 Å². The minimum Gasteiger partial charge on any atom is -0.314 e. The monoisotopic (exact) mass is 652 g/mol. The van der Waals surface area contributed by atoms with E-state index < -0.39 is 20.5 Å². The second-order valence-corrected chi connectivity index (χ2v) is 9.19. The minimum absolute atomic E-state index is 0. The minimum atomic E-state index is -4.94. The summed E-state index contributed by atoms with van der Waals surface area (Å²) < 4.78 is 67.9. The molecule has 227 valence electrons. The Morgan fingerprint density at radius 3 is 1.20 bits per heavy atom. The molecular formula is C22H33Cl2CoN7O8. The van der Waals surface area contributed by atoms with Crippen molar-refractivity contribution in [2.24, 2.45) is 0 Å². The summed E-state index contributed by atoms with van der Waals surface area (Å²) in [7, 11) is -9.89. The van der Waals surface area contributed by atoms with Crippen LogP contribution in [0.3, 0.4) is 0 Å². The number of nitrogens with one attached hydrogen (secondary N) is 2. The summed E-state index contributed by atoms with van der Waals surface area (Å²) in [5.41, 5.74) is 2.28. The van der Waals surface area contributed by atoms with Gasteiger partial charge in [-0.25, -0.2) is 37.3 Å². The van der Waals surface area contributed by atoms with E-state index in [0.717, 1.165) is 76.8 Å². The molecule has 0 spiro atoms. The van der Waals surface area contributed by atoms with E-state index in [0.29, 0.717) is 0 Å². The van der Waals surface area contributed by atoms with Crippen molar-refractivity contribution >= 4 is 0 Å². The van der Waals surface area contributed by atoms with Crippen LogP contribution in [0.15, 0.2) is 48.8 Å². The van der Waals surface area contributed by atoms with Crippen LogP contribution in [-0.2, 0) is 29.9 Å². The molecule has 0 unspecified atom stereocenters. The average Bonchev–Trinajstić information content (AvgIpc) is 2.82. The van der Waals surface area contributed by atoms with Gasteiger partial charge < -0.3 is 10.6 Å². The average molecular weight is 653 g/mol. The number of hydrogen-bond acceptors (Lipinski definition) is 15.